The maximum atomic E-state index is 6.18. The fourth-order valence-corrected chi connectivity index (χ4v) is 4.39. The molecule has 0 aliphatic heterocycles. The number of unbranched alkanes of at least 4 members (excludes halogenated alkanes) is 10. The average molecular weight is 471 g/mol. The molecule has 0 spiro atoms. The molecule has 0 unspecified atom stereocenters. The summed E-state index contributed by atoms with van der Waals surface area (Å²) in [6.07, 6.45) is 14.6. The summed E-state index contributed by atoms with van der Waals surface area (Å²) < 4.78 is 14.4. The van der Waals surface area contributed by atoms with Gasteiger partial charge in [0, 0.05) is 12.8 Å². The van der Waals surface area contributed by atoms with E-state index in [1.807, 2.05) is 27.6 Å². The van der Waals surface area contributed by atoms with Crippen LogP contribution in [-0.4, -0.2) is 10.5 Å². The Hall–Kier alpha value is -2.90. The van der Waals surface area contributed by atoms with Crippen molar-refractivity contribution in [2.24, 2.45) is 0 Å². The van der Waals surface area contributed by atoms with Gasteiger partial charge in [-0.1, -0.05) is 71.3 Å². The maximum Gasteiger partial charge on any atom is 0.304 e. The van der Waals surface area contributed by atoms with Gasteiger partial charge in [-0.05, 0) is 40.4 Å². The number of aromatic nitrogens is 4. The van der Waals surface area contributed by atoms with Gasteiger partial charge in [0.15, 0.2) is 13.1 Å². The van der Waals surface area contributed by atoms with Crippen molar-refractivity contribution < 1.29 is 18.4 Å². The molecule has 0 fully saturated rings. The number of rotatable bonds is 16. The Balaban J connectivity index is 1.70. The molecule has 0 aliphatic rings. The number of nitrogens with two attached hydrogens (primary N) is 2. The van der Waals surface area contributed by atoms with E-state index in [9.17, 15) is 0 Å². The summed E-state index contributed by atoms with van der Waals surface area (Å²) in [5.74, 6) is 0.641. The number of benzene rings is 1. The molecule has 3 aromatic rings. The Labute approximate surface area is 203 Å². The van der Waals surface area contributed by atoms with Gasteiger partial charge < -0.3 is 11.5 Å². The third-order valence-corrected chi connectivity index (χ3v) is 6.31. The first-order valence-corrected chi connectivity index (χ1v) is 13.1. The first-order valence-electron chi connectivity index (χ1n) is 13.1. The number of nitrogens with zero attached hydrogens (tertiary/aromatic N) is 4. The van der Waals surface area contributed by atoms with Gasteiger partial charge in [-0.25, -0.2) is 0 Å². The van der Waals surface area contributed by atoms with Crippen molar-refractivity contribution in [3.8, 4) is 22.5 Å². The number of hydrogen-bond acceptors (Lipinski definition) is 6. The Morgan fingerprint density at radius 2 is 1.06 bits per heavy atom. The number of anilines is 2. The van der Waals surface area contributed by atoms with Crippen molar-refractivity contribution >= 4 is 11.8 Å². The van der Waals surface area contributed by atoms with Gasteiger partial charge in [-0.2, -0.15) is 0 Å². The van der Waals surface area contributed by atoms with E-state index in [0.29, 0.717) is 11.8 Å². The SMILES string of the molecule is CCCCCCCC[n+]1noc(N)c1-c1cccc(-c2c(N)on[n+]2CCCCCCCC)c1. The number of aryl methyl sites for hydroxylation is 2. The van der Waals surface area contributed by atoms with E-state index in [0.717, 1.165) is 48.4 Å². The van der Waals surface area contributed by atoms with Crippen molar-refractivity contribution in [1.29, 1.82) is 0 Å². The zero-order chi connectivity index (χ0) is 24.2. The summed E-state index contributed by atoms with van der Waals surface area (Å²) in [7, 11) is 0. The largest absolute Gasteiger partial charge is 0.362 e. The molecule has 0 amide bonds. The molecule has 8 heteroatoms. The third kappa shape index (κ3) is 7.05. The minimum Gasteiger partial charge on any atom is -0.362 e. The molecule has 186 valence electrons. The molecule has 2 heterocycles. The van der Waals surface area contributed by atoms with Gasteiger partial charge in [-0.3, -0.25) is 9.05 Å². The molecule has 0 saturated carbocycles. The number of hydrogen-bond donors (Lipinski definition) is 2. The van der Waals surface area contributed by atoms with E-state index in [4.69, 9.17) is 20.5 Å². The van der Waals surface area contributed by atoms with Crippen molar-refractivity contribution in [1.82, 2.24) is 10.5 Å². The Bertz CT molecular complexity index is 922. The van der Waals surface area contributed by atoms with Crippen molar-refractivity contribution in [2.75, 3.05) is 11.5 Å². The van der Waals surface area contributed by atoms with E-state index < -0.39 is 0 Å². The van der Waals surface area contributed by atoms with Crippen LogP contribution in [-0.2, 0) is 13.1 Å². The average Bonchev–Trinajstić information content (AvgIpc) is 3.40. The molecular weight excluding hydrogens is 428 g/mol. The van der Waals surface area contributed by atoms with Crippen LogP contribution in [0.5, 0.6) is 0 Å². The molecule has 0 atom stereocenters. The quantitative estimate of drug-likeness (QED) is 0.212. The molecular formula is C26H42N6O2+2. The third-order valence-electron chi connectivity index (χ3n) is 6.31. The first kappa shape index (κ1) is 25.7. The van der Waals surface area contributed by atoms with Gasteiger partial charge in [0.1, 0.15) is 0 Å². The van der Waals surface area contributed by atoms with E-state index in [-0.39, 0.29) is 0 Å². The summed E-state index contributed by atoms with van der Waals surface area (Å²) in [6.45, 7) is 6.02. The molecule has 1 aromatic carbocycles. The molecule has 2 aromatic heterocycles. The van der Waals surface area contributed by atoms with Crippen LogP contribution in [0, 0.1) is 0 Å². The summed E-state index contributed by atoms with van der Waals surface area (Å²) >= 11 is 0. The summed E-state index contributed by atoms with van der Waals surface area (Å²) in [6, 6.07) is 8.09. The summed E-state index contributed by atoms with van der Waals surface area (Å²) in [5, 5.41) is 8.36. The van der Waals surface area contributed by atoms with Gasteiger partial charge >= 0.3 is 23.2 Å². The Morgan fingerprint density at radius 3 is 1.50 bits per heavy atom. The fraction of sp³-hybridized carbons (Fsp3) is 0.615. The van der Waals surface area contributed by atoms with Crippen LogP contribution < -0.4 is 20.8 Å². The molecule has 34 heavy (non-hydrogen) atoms. The zero-order valence-electron chi connectivity index (χ0n) is 21.0. The normalized spacial score (nSPS) is 11.4. The van der Waals surface area contributed by atoms with Crippen LogP contribution in [0.3, 0.4) is 0 Å². The molecule has 0 bridgehead atoms. The summed E-state index contributed by atoms with van der Waals surface area (Å²) in [5.41, 5.74) is 15.8. The van der Waals surface area contributed by atoms with E-state index in [2.05, 4.69) is 30.5 Å². The first-order chi connectivity index (χ1) is 16.7. The van der Waals surface area contributed by atoms with Gasteiger partial charge in [-0.15, -0.1) is 0 Å². The fourth-order valence-electron chi connectivity index (χ4n) is 4.39. The van der Waals surface area contributed by atoms with Gasteiger partial charge in [0.2, 0.25) is 10.5 Å². The smallest absolute Gasteiger partial charge is 0.304 e. The second-order valence-electron chi connectivity index (χ2n) is 9.13. The van der Waals surface area contributed by atoms with Gasteiger partial charge in [0.25, 0.3) is 0 Å². The minimum atomic E-state index is 0.321. The Morgan fingerprint density at radius 1 is 0.647 bits per heavy atom. The lowest BCUT2D eigenvalue weighted by molar-refractivity contribution is -0.753. The van der Waals surface area contributed by atoms with E-state index in [1.165, 1.54) is 64.2 Å². The highest BCUT2D eigenvalue weighted by molar-refractivity contribution is 5.74. The second-order valence-corrected chi connectivity index (χ2v) is 9.13. The molecule has 8 nitrogen and oxygen atoms in total. The van der Waals surface area contributed by atoms with Crippen LogP contribution in [0.1, 0.15) is 90.9 Å². The molecule has 0 aliphatic carbocycles. The monoisotopic (exact) mass is 470 g/mol. The van der Waals surface area contributed by atoms with Crippen molar-refractivity contribution in [3.05, 3.63) is 24.3 Å². The van der Waals surface area contributed by atoms with Crippen LogP contribution in [0.4, 0.5) is 11.8 Å². The maximum absolute atomic E-state index is 6.18. The van der Waals surface area contributed by atoms with Crippen LogP contribution in [0.15, 0.2) is 33.3 Å². The topological polar surface area (TPSA) is 112 Å². The predicted octanol–water partition coefficient (Wildman–Crippen LogP) is 5.46. The van der Waals surface area contributed by atoms with E-state index >= 15 is 0 Å². The van der Waals surface area contributed by atoms with E-state index in [1.54, 1.807) is 0 Å². The number of nitrogen functional groups attached to an aromatic ring is 2. The predicted molar refractivity (Wildman–Crippen MR) is 133 cm³/mol. The second kappa shape index (κ2) is 13.7. The lowest BCUT2D eigenvalue weighted by atomic mass is 10.1. The Kier molecular flexibility index (Phi) is 10.4. The lowest BCUT2D eigenvalue weighted by Gasteiger charge is -2.01. The summed E-state index contributed by atoms with van der Waals surface area (Å²) in [4.78, 5) is 0. The van der Waals surface area contributed by atoms with Crippen molar-refractivity contribution in [2.45, 2.75) is 104 Å². The highest BCUT2D eigenvalue weighted by Gasteiger charge is 2.28. The zero-order valence-corrected chi connectivity index (χ0v) is 21.0. The van der Waals surface area contributed by atoms with Gasteiger partial charge in [0.05, 0.1) is 11.1 Å². The minimum absolute atomic E-state index is 0.321. The van der Waals surface area contributed by atoms with Crippen LogP contribution >= 0.6 is 0 Å². The lowest BCUT2D eigenvalue weighted by Crippen LogP contribution is -2.38. The molecule has 3 rings (SSSR count). The van der Waals surface area contributed by atoms with Crippen LogP contribution in [0.25, 0.3) is 22.5 Å². The molecule has 4 N–H and O–H groups in total. The molecule has 0 radical (unpaired) electrons. The standard InChI is InChI=1S/C26H42N6O2/c1-3-5-7-9-11-13-18-31-23(25(27)33-29-31)21-16-15-17-22(20-21)24-26(28)34-30-32(24)19-14-12-10-8-6-4-2/h15-17,20H,3-14,18-19,27-28H2,1-2H3/q+2. The highest BCUT2D eigenvalue weighted by atomic mass is 16.5. The van der Waals surface area contributed by atoms with Crippen molar-refractivity contribution in [3.63, 3.8) is 0 Å². The van der Waals surface area contributed by atoms with Crippen LogP contribution in [0.2, 0.25) is 0 Å². The molecule has 0 saturated heterocycles. The highest BCUT2D eigenvalue weighted by Crippen LogP contribution is 2.29.